The average molecular weight is 577 g/mol. The highest BCUT2D eigenvalue weighted by atomic mass is 32.1. The number of aliphatic carboxylic acids is 1. The van der Waals surface area contributed by atoms with Crippen molar-refractivity contribution in [2.75, 3.05) is 4.90 Å². The first-order valence-corrected chi connectivity index (χ1v) is 14.3. The first-order valence-electron chi connectivity index (χ1n) is 13.5. The molecule has 0 bridgehead atoms. The first kappa shape index (κ1) is 27.3. The Balaban J connectivity index is 1.34. The van der Waals surface area contributed by atoms with Gasteiger partial charge in [-0.05, 0) is 107 Å². The number of benzene rings is 3. The SMILES string of the molecule is N#CC(=Cc1ccc(-c2ccc(N(c3ccc(-c4ccncc4)cc3)c3ccc(-c4ccncc4)cc3)cc2)s1)C(=O)O. The third-order valence-corrected chi connectivity index (χ3v) is 8.03. The molecule has 0 saturated heterocycles. The predicted molar refractivity (Wildman–Crippen MR) is 172 cm³/mol. The van der Waals surface area contributed by atoms with Gasteiger partial charge >= 0.3 is 5.97 Å². The average Bonchev–Trinajstić information content (AvgIpc) is 3.54. The van der Waals surface area contributed by atoms with Gasteiger partial charge in [0.15, 0.2) is 0 Å². The van der Waals surface area contributed by atoms with Crippen LogP contribution in [0.15, 0.2) is 140 Å². The number of nitrogens with zero attached hydrogens (tertiary/aromatic N) is 4. The molecule has 206 valence electrons. The quantitative estimate of drug-likeness (QED) is 0.144. The lowest BCUT2D eigenvalue weighted by Crippen LogP contribution is -2.09. The number of pyridine rings is 2. The van der Waals surface area contributed by atoms with Crippen LogP contribution in [0.2, 0.25) is 0 Å². The van der Waals surface area contributed by atoms with Crippen LogP contribution in [0.5, 0.6) is 0 Å². The molecule has 0 aliphatic carbocycles. The molecule has 0 amide bonds. The highest BCUT2D eigenvalue weighted by molar-refractivity contribution is 7.16. The van der Waals surface area contributed by atoms with Crippen molar-refractivity contribution in [3.8, 4) is 38.8 Å². The highest BCUT2D eigenvalue weighted by Gasteiger charge is 2.14. The Hall–Kier alpha value is -5.84. The summed E-state index contributed by atoms with van der Waals surface area (Å²) >= 11 is 1.44. The molecule has 0 spiro atoms. The molecular formula is C36H24N4O2S. The molecule has 7 heteroatoms. The Bertz CT molecular complexity index is 1840. The van der Waals surface area contributed by atoms with E-state index in [0.29, 0.717) is 4.88 Å². The number of hydrogen-bond donors (Lipinski definition) is 1. The van der Waals surface area contributed by atoms with E-state index in [1.54, 1.807) is 30.9 Å². The lowest BCUT2D eigenvalue weighted by molar-refractivity contribution is -0.132. The van der Waals surface area contributed by atoms with Crippen molar-refractivity contribution < 1.29 is 9.90 Å². The first-order chi connectivity index (χ1) is 21.1. The minimum Gasteiger partial charge on any atom is -0.477 e. The summed E-state index contributed by atoms with van der Waals surface area (Å²) in [6.07, 6.45) is 8.58. The normalized spacial score (nSPS) is 11.1. The van der Waals surface area contributed by atoms with Gasteiger partial charge in [0.2, 0.25) is 0 Å². The summed E-state index contributed by atoms with van der Waals surface area (Å²) in [5.74, 6) is -1.23. The van der Waals surface area contributed by atoms with Gasteiger partial charge in [-0.3, -0.25) is 9.97 Å². The van der Waals surface area contributed by atoms with Crippen LogP contribution in [0.3, 0.4) is 0 Å². The number of carboxylic acid groups (broad SMARTS) is 1. The van der Waals surface area contributed by atoms with Crippen LogP contribution in [0.1, 0.15) is 4.88 Å². The monoisotopic (exact) mass is 576 g/mol. The molecule has 0 fully saturated rings. The van der Waals surface area contributed by atoms with Crippen LogP contribution < -0.4 is 4.90 Å². The van der Waals surface area contributed by atoms with E-state index in [0.717, 1.165) is 49.8 Å². The van der Waals surface area contributed by atoms with E-state index in [4.69, 9.17) is 5.26 Å². The molecule has 6 rings (SSSR count). The van der Waals surface area contributed by atoms with Gasteiger partial charge in [0.1, 0.15) is 11.6 Å². The second-order valence-electron chi connectivity index (χ2n) is 9.62. The van der Waals surface area contributed by atoms with Gasteiger partial charge < -0.3 is 10.0 Å². The van der Waals surface area contributed by atoms with E-state index in [1.807, 2.05) is 36.4 Å². The van der Waals surface area contributed by atoms with Crippen molar-refractivity contribution in [3.63, 3.8) is 0 Å². The van der Waals surface area contributed by atoms with Crippen molar-refractivity contribution in [3.05, 3.63) is 144 Å². The maximum absolute atomic E-state index is 11.2. The Kier molecular flexibility index (Phi) is 7.85. The molecular weight excluding hydrogens is 552 g/mol. The molecule has 6 aromatic rings. The second kappa shape index (κ2) is 12.4. The van der Waals surface area contributed by atoms with E-state index in [2.05, 4.69) is 87.7 Å². The van der Waals surface area contributed by atoms with Crippen LogP contribution in [0.25, 0.3) is 38.8 Å². The van der Waals surface area contributed by atoms with Crippen molar-refractivity contribution in [2.45, 2.75) is 0 Å². The number of carbonyl (C=O) groups is 1. The van der Waals surface area contributed by atoms with Gasteiger partial charge in [-0.1, -0.05) is 36.4 Å². The van der Waals surface area contributed by atoms with Crippen molar-refractivity contribution >= 4 is 40.4 Å². The summed E-state index contributed by atoms with van der Waals surface area (Å²) < 4.78 is 0. The van der Waals surface area contributed by atoms with E-state index in [-0.39, 0.29) is 5.57 Å². The zero-order valence-corrected chi connectivity index (χ0v) is 23.6. The molecule has 6 nitrogen and oxygen atoms in total. The summed E-state index contributed by atoms with van der Waals surface area (Å²) in [7, 11) is 0. The Labute approximate surface area is 253 Å². The second-order valence-corrected chi connectivity index (χ2v) is 10.7. The lowest BCUT2D eigenvalue weighted by atomic mass is 10.0. The van der Waals surface area contributed by atoms with Gasteiger partial charge in [0, 0.05) is 51.6 Å². The third kappa shape index (κ3) is 6.10. The summed E-state index contributed by atoms with van der Waals surface area (Å²) in [6, 6.07) is 38.7. The van der Waals surface area contributed by atoms with E-state index < -0.39 is 5.97 Å². The lowest BCUT2D eigenvalue weighted by Gasteiger charge is -2.26. The maximum atomic E-state index is 11.2. The van der Waals surface area contributed by atoms with Crippen LogP contribution in [-0.4, -0.2) is 21.0 Å². The van der Waals surface area contributed by atoms with Gasteiger partial charge in [0.05, 0.1) is 0 Å². The summed E-state index contributed by atoms with van der Waals surface area (Å²) in [4.78, 5) is 23.4. The third-order valence-electron chi connectivity index (χ3n) is 6.95. The molecule has 43 heavy (non-hydrogen) atoms. The van der Waals surface area contributed by atoms with E-state index in [1.165, 1.54) is 17.4 Å². The smallest absolute Gasteiger partial charge is 0.346 e. The largest absolute Gasteiger partial charge is 0.477 e. The fourth-order valence-electron chi connectivity index (χ4n) is 4.79. The Morgan fingerprint density at radius 2 is 1.05 bits per heavy atom. The number of aromatic nitrogens is 2. The minimum absolute atomic E-state index is 0.288. The number of thiophene rings is 1. The maximum Gasteiger partial charge on any atom is 0.346 e. The van der Waals surface area contributed by atoms with E-state index >= 15 is 0 Å². The molecule has 3 aromatic heterocycles. The summed E-state index contributed by atoms with van der Waals surface area (Å²) in [5.41, 5.74) is 8.17. The molecule has 0 saturated carbocycles. The van der Waals surface area contributed by atoms with Crippen molar-refractivity contribution in [2.24, 2.45) is 0 Å². The zero-order chi connectivity index (χ0) is 29.6. The van der Waals surface area contributed by atoms with Gasteiger partial charge in [-0.15, -0.1) is 11.3 Å². The molecule has 1 N–H and O–H groups in total. The van der Waals surface area contributed by atoms with Gasteiger partial charge in [-0.25, -0.2) is 4.79 Å². The Morgan fingerprint density at radius 3 is 1.47 bits per heavy atom. The van der Waals surface area contributed by atoms with Crippen LogP contribution >= 0.6 is 11.3 Å². The summed E-state index contributed by atoms with van der Waals surface area (Å²) in [5, 5.41) is 18.3. The molecule has 3 heterocycles. The van der Waals surface area contributed by atoms with E-state index in [9.17, 15) is 9.90 Å². The number of nitriles is 1. The number of rotatable bonds is 8. The van der Waals surface area contributed by atoms with Gasteiger partial charge in [-0.2, -0.15) is 5.26 Å². The van der Waals surface area contributed by atoms with Crippen LogP contribution in [-0.2, 0) is 4.79 Å². The number of carboxylic acids is 1. The predicted octanol–water partition coefficient (Wildman–Crippen LogP) is 9.00. The van der Waals surface area contributed by atoms with Crippen LogP contribution in [0.4, 0.5) is 17.1 Å². The Morgan fingerprint density at radius 1 is 0.628 bits per heavy atom. The van der Waals surface area contributed by atoms with Crippen LogP contribution in [0, 0.1) is 11.3 Å². The number of hydrogen-bond acceptors (Lipinski definition) is 6. The molecule has 0 aliphatic heterocycles. The highest BCUT2D eigenvalue weighted by Crippen LogP contribution is 2.38. The molecule has 0 aliphatic rings. The molecule has 0 radical (unpaired) electrons. The fourth-order valence-corrected chi connectivity index (χ4v) is 5.74. The van der Waals surface area contributed by atoms with Crippen molar-refractivity contribution in [1.29, 1.82) is 5.26 Å². The molecule has 0 unspecified atom stereocenters. The van der Waals surface area contributed by atoms with Gasteiger partial charge in [0.25, 0.3) is 0 Å². The minimum atomic E-state index is -1.23. The standard InChI is InChI=1S/C36H24N4O2S/c37-24-30(36(41)42)23-34-13-14-35(43-34)29-5-11-33(12-6-29)40(31-7-1-25(2-8-31)27-15-19-38-20-16-27)32-9-3-26(4-10-32)28-17-21-39-22-18-28/h1-23H,(H,41,42). The molecule has 0 atom stereocenters. The topological polar surface area (TPSA) is 90.1 Å². The summed E-state index contributed by atoms with van der Waals surface area (Å²) in [6.45, 7) is 0. The van der Waals surface area contributed by atoms with Crippen molar-refractivity contribution in [1.82, 2.24) is 9.97 Å². The fraction of sp³-hybridized carbons (Fsp3) is 0. The zero-order valence-electron chi connectivity index (χ0n) is 22.8. The number of anilines is 3. The molecule has 3 aromatic carbocycles.